The number of nitrogens with one attached hydrogen (secondary N) is 2. The van der Waals surface area contributed by atoms with Gasteiger partial charge in [-0.05, 0) is 24.1 Å². The van der Waals surface area contributed by atoms with Gasteiger partial charge in [-0.25, -0.2) is 0 Å². The zero-order valence-electron chi connectivity index (χ0n) is 13.5. The predicted molar refractivity (Wildman–Crippen MR) is 92.0 cm³/mol. The normalized spacial score (nSPS) is 9.83. The maximum Gasteiger partial charge on any atom is 0.234 e. The highest BCUT2D eigenvalue weighted by atomic mass is 16.2. The van der Waals surface area contributed by atoms with E-state index in [4.69, 9.17) is 5.26 Å². The standard InChI is InChI=1S/C19H19N3O2/c1-14-6-8-15(9-7-14)12-19(24)22-17-5-3-2-4-16(17)13-21-18(23)10-11-20/h2-9H,10,12-13H2,1H3,(H,21,23)(H,22,24). The number of amides is 2. The number of rotatable bonds is 6. The minimum atomic E-state index is -0.335. The van der Waals surface area contributed by atoms with Gasteiger partial charge in [-0.2, -0.15) is 5.26 Å². The summed E-state index contributed by atoms with van der Waals surface area (Å²) in [7, 11) is 0. The second-order valence-electron chi connectivity index (χ2n) is 5.48. The molecule has 0 aromatic heterocycles. The van der Waals surface area contributed by atoms with Crippen molar-refractivity contribution in [1.29, 1.82) is 5.26 Å². The highest BCUT2D eigenvalue weighted by molar-refractivity contribution is 5.93. The molecule has 2 aromatic carbocycles. The number of nitriles is 1. The Bertz CT molecular complexity index is 761. The third-order valence-electron chi connectivity index (χ3n) is 3.49. The van der Waals surface area contributed by atoms with Crippen molar-refractivity contribution in [3.05, 3.63) is 65.2 Å². The molecule has 0 fully saturated rings. The molecule has 5 nitrogen and oxygen atoms in total. The quantitative estimate of drug-likeness (QED) is 0.858. The van der Waals surface area contributed by atoms with Crippen molar-refractivity contribution >= 4 is 17.5 Å². The minimum absolute atomic E-state index is 0.116. The summed E-state index contributed by atoms with van der Waals surface area (Å²) in [5, 5.41) is 14.0. The average Bonchev–Trinajstić information content (AvgIpc) is 2.56. The first-order valence-corrected chi connectivity index (χ1v) is 7.65. The molecule has 0 aliphatic carbocycles. The molecule has 2 aromatic rings. The lowest BCUT2D eigenvalue weighted by Crippen LogP contribution is -2.23. The van der Waals surface area contributed by atoms with Crippen LogP contribution in [0.5, 0.6) is 0 Å². The van der Waals surface area contributed by atoms with Crippen molar-refractivity contribution in [2.75, 3.05) is 5.32 Å². The van der Waals surface area contributed by atoms with E-state index >= 15 is 0 Å². The summed E-state index contributed by atoms with van der Waals surface area (Å²) in [6.45, 7) is 2.27. The second kappa shape index (κ2) is 8.49. The van der Waals surface area contributed by atoms with E-state index in [1.165, 1.54) is 0 Å². The number of para-hydroxylation sites is 1. The van der Waals surface area contributed by atoms with E-state index in [-0.39, 0.29) is 31.2 Å². The lowest BCUT2D eigenvalue weighted by atomic mass is 10.1. The molecule has 24 heavy (non-hydrogen) atoms. The predicted octanol–water partition coefficient (Wildman–Crippen LogP) is 2.71. The van der Waals surface area contributed by atoms with Crippen LogP contribution in [-0.4, -0.2) is 11.8 Å². The van der Waals surface area contributed by atoms with Gasteiger partial charge < -0.3 is 10.6 Å². The summed E-state index contributed by atoms with van der Waals surface area (Å²) < 4.78 is 0. The molecule has 0 aliphatic heterocycles. The fourth-order valence-electron chi connectivity index (χ4n) is 2.21. The van der Waals surface area contributed by atoms with Crippen molar-refractivity contribution in [2.45, 2.75) is 26.3 Å². The Morgan fingerprint density at radius 3 is 2.46 bits per heavy atom. The topological polar surface area (TPSA) is 82.0 Å². The van der Waals surface area contributed by atoms with Gasteiger partial charge in [0.15, 0.2) is 0 Å². The van der Waals surface area contributed by atoms with E-state index < -0.39 is 0 Å². The van der Waals surface area contributed by atoms with E-state index in [0.717, 1.165) is 16.7 Å². The van der Waals surface area contributed by atoms with Gasteiger partial charge in [0.2, 0.25) is 11.8 Å². The number of aryl methyl sites for hydroxylation is 1. The molecule has 2 amide bonds. The van der Waals surface area contributed by atoms with Crippen LogP contribution in [0.2, 0.25) is 0 Å². The monoisotopic (exact) mass is 321 g/mol. The van der Waals surface area contributed by atoms with Crippen molar-refractivity contribution in [1.82, 2.24) is 5.32 Å². The molecule has 0 heterocycles. The summed E-state index contributed by atoms with van der Waals surface area (Å²) >= 11 is 0. The van der Waals surface area contributed by atoms with Gasteiger partial charge in [-0.3, -0.25) is 9.59 Å². The lowest BCUT2D eigenvalue weighted by Gasteiger charge is -2.11. The van der Waals surface area contributed by atoms with Gasteiger partial charge in [-0.15, -0.1) is 0 Å². The number of hydrogen-bond acceptors (Lipinski definition) is 3. The second-order valence-corrected chi connectivity index (χ2v) is 5.48. The highest BCUT2D eigenvalue weighted by Gasteiger charge is 2.08. The summed E-state index contributed by atoms with van der Waals surface area (Å²) in [6.07, 6.45) is 0.108. The first-order chi connectivity index (χ1) is 11.6. The van der Waals surface area contributed by atoms with Crippen LogP contribution >= 0.6 is 0 Å². The number of anilines is 1. The van der Waals surface area contributed by atoms with Crippen LogP contribution in [0.3, 0.4) is 0 Å². The van der Waals surface area contributed by atoms with Gasteiger partial charge >= 0.3 is 0 Å². The molecule has 0 bridgehead atoms. The van der Waals surface area contributed by atoms with Gasteiger partial charge in [0.05, 0.1) is 12.5 Å². The Morgan fingerprint density at radius 2 is 1.75 bits per heavy atom. The fraction of sp³-hybridized carbons (Fsp3) is 0.211. The number of carbonyl (C=O) groups is 2. The van der Waals surface area contributed by atoms with Crippen LogP contribution in [0, 0.1) is 18.3 Å². The number of nitrogens with zero attached hydrogens (tertiary/aromatic N) is 1. The third kappa shape index (κ3) is 5.25. The minimum Gasteiger partial charge on any atom is -0.351 e. The van der Waals surface area contributed by atoms with Gasteiger partial charge in [0.25, 0.3) is 0 Å². The summed E-state index contributed by atoms with van der Waals surface area (Å²) in [4.78, 5) is 23.6. The van der Waals surface area contributed by atoms with Crippen LogP contribution in [0.1, 0.15) is 23.1 Å². The van der Waals surface area contributed by atoms with Crippen LogP contribution in [0.15, 0.2) is 48.5 Å². The molecular weight excluding hydrogens is 302 g/mol. The largest absolute Gasteiger partial charge is 0.351 e. The zero-order chi connectivity index (χ0) is 17.4. The number of hydrogen-bond donors (Lipinski definition) is 2. The SMILES string of the molecule is Cc1ccc(CC(=O)Nc2ccccc2CNC(=O)CC#N)cc1. The van der Waals surface area contributed by atoms with E-state index in [1.807, 2.05) is 49.4 Å². The molecule has 122 valence electrons. The van der Waals surface area contributed by atoms with Gasteiger partial charge in [0.1, 0.15) is 6.42 Å². The van der Waals surface area contributed by atoms with Crippen molar-refractivity contribution in [3.63, 3.8) is 0 Å². The smallest absolute Gasteiger partial charge is 0.234 e. The van der Waals surface area contributed by atoms with Gasteiger partial charge in [0, 0.05) is 12.2 Å². The highest BCUT2D eigenvalue weighted by Crippen LogP contribution is 2.15. The Morgan fingerprint density at radius 1 is 1.04 bits per heavy atom. The summed E-state index contributed by atoms with van der Waals surface area (Å²) in [5.41, 5.74) is 3.54. The van der Waals surface area contributed by atoms with Crippen LogP contribution in [0.4, 0.5) is 5.69 Å². The molecule has 0 aliphatic rings. The van der Waals surface area contributed by atoms with E-state index in [1.54, 1.807) is 12.1 Å². The zero-order valence-corrected chi connectivity index (χ0v) is 13.5. The third-order valence-corrected chi connectivity index (χ3v) is 3.49. The Hall–Kier alpha value is -3.13. The molecule has 2 N–H and O–H groups in total. The summed E-state index contributed by atoms with van der Waals surface area (Å²) in [6, 6.07) is 16.9. The average molecular weight is 321 g/mol. The molecule has 0 saturated heterocycles. The molecule has 0 unspecified atom stereocenters. The Labute approximate surface area is 141 Å². The maximum atomic E-state index is 12.2. The van der Waals surface area contributed by atoms with E-state index in [2.05, 4.69) is 10.6 Å². The molecule has 2 rings (SSSR count). The maximum absolute atomic E-state index is 12.2. The van der Waals surface area contributed by atoms with E-state index in [0.29, 0.717) is 5.69 Å². The Kier molecular flexibility index (Phi) is 6.09. The van der Waals surface area contributed by atoms with Crippen LogP contribution < -0.4 is 10.6 Å². The Balaban J connectivity index is 1.98. The van der Waals surface area contributed by atoms with E-state index in [9.17, 15) is 9.59 Å². The first-order valence-electron chi connectivity index (χ1n) is 7.65. The molecule has 5 heteroatoms. The molecule has 0 radical (unpaired) electrons. The van der Waals surface area contributed by atoms with Crippen molar-refractivity contribution in [2.24, 2.45) is 0 Å². The molecule has 0 spiro atoms. The van der Waals surface area contributed by atoms with Crippen LogP contribution in [-0.2, 0) is 22.6 Å². The van der Waals surface area contributed by atoms with Crippen LogP contribution in [0.25, 0.3) is 0 Å². The molecule has 0 atom stereocenters. The molecular formula is C19H19N3O2. The fourth-order valence-corrected chi connectivity index (χ4v) is 2.21. The number of carbonyl (C=O) groups excluding carboxylic acids is 2. The van der Waals surface area contributed by atoms with Crippen molar-refractivity contribution < 1.29 is 9.59 Å². The number of benzene rings is 2. The van der Waals surface area contributed by atoms with Gasteiger partial charge in [-0.1, -0.05) is 48.0 Å². The first kappa shape index (κ1) is 17.2. The molecule has 0 saturated carbocycles. The van der Waals surface area contributed by atoms with Crippen molar-refractivity contribution in [3.8, 4) is 6.07 Å². The summed E-state index contributed by atoms with van der Waals surface area (Å²) in [5.74, 6) is -0.451. The lowest BCUT2D eigenvalue weighted by molar-refractivity contribution is -0.120.